The highest BCUT2D eigenvalue weighted by molar-refractivity contribution is 5.83. The van der Waals surface area contributed by atoms with Crippen LogP contribution in [-0.2, 0) is 9.59 Å². The van der Waals surface area contributed by atoms with Crippen LogP contribution >= 0.6 is 0 Å². The number of carbonyl (C=O) groups is 2. The predicted molar refractivity (Wildman–Crippen MR) is 69.3 cm³/mol. The van der Waals surface area contributed by atoms with Crippen molar-refractivity contribution in [3.05, 3.63) is 0 Å². The van der Waals surface area contributed by atoms with Crippen molar-refractivity contribution in [1.82, 2.24) is 10.2 Å². The highest BCUT2D eigenvalue weighted by atomic mass is 16.4. The molecule has 18 heavy (non-hydrogen) atoms. The fraction of sp³-hybridized carbons (Fsp3) is 0.846. The van der Waals surface area contributed by atoms with E-state index >= 15 is 0 Å². The molecule has 0 aliphatic carbocycles. The summed E-state index contributed by atoms with van der Waals surface area (Å²) in [5.74, 6) is -0.836. The Bertz CT molecular complexity index is 323. The van der Waals surface area contributed by atoms with Crippen molar-refractivity contribution in [2.24, 2.45) is 0 Å². The summed E-state index contributed by atoms with van der Waals surface area (Å²) in [6, 6.07) is -0.141. The van der Waals surface area contributed by atoms with E-state index in [0.717, 1.165) is 13.0 Å². The van der Waals surface area contributed by atoms with Gasteiger partial charge in [-0.1, -0.05) is 0 Å². The van der Waals surface area contributed by atoms with Crippen LogP contribution in [0.4, 0.5) is 0 Å². The molecule has 0 radical (unpaired) electrons. The summed E-state index contributed by atoms with van der Waals surface area (Å²) in [4.78, 5) is 24.9. The van der Waals surface area contributed by atoms with Crippen LogP contribution in [0.15, 0.2) is 0 Å². The number of hydrogen-bond donors (Lipinski definition) is 2. The average molecular weight is 256 g/mol. The topological polar surface area (TPSA) is 69.6 Å². The van der Waals surface area contributed by atoms with E-state index in [2.05, 4.69) is 5.32 Å². The summed E-state index contributed by atoms with van der Waals surface area (Å²) in [6.07, 6.45) is 1.27. The minimum Gasteiger partial charge on any atom is -0.481 e. The van der Waals surface area contributed by atoms with E-state index in [-0.39, 0.29) is 30.0 Å². The SMILES string of the molecule is CC1CCN(C(C)(C)C)C(=O)C(CCC(=O)O)N1. The Hall–Kier alpha value is -1.10. The highest BCUT2D eigenvalue weighted by Crippen LogP contribution is 2.20. The molecule has 5 nitrogen and oxygen atoms in total. The van der Waals surface area contributed by atoms with Gasteiger partial charge >= 0.3 is 5.97 Å². The van der Waals surface area contributed by atoms with Gasteiger partial charge in [-0.15, -0.1) is 0 Å². The zero-order valence-corrected chi connectivity index (χ0v) is 11.7. The van der Waals surface area contributed by atoms with Gasteiger partial charge in [0.05, 0.1) is 6.04 Å². The van der Waals surface area contributed by atoms with Crippen LogP contribution in [-0.4, -0.2) is 46.1 Å². The van der Waals surface area contributed by atoms with Gasteiger partial charge in [-0.3, -0.25) is 9.59 Å². The maximum atomic E-state index is 12.4. The van der Waals surface area contributed by atoms with E-state index in [0.29, 0.717) is 6.42 Å². The van der Waals surface area contributed by atoms with E-state index in [1.165, 1.54) is 0 Å². The molecule has 1 aliphatic heterocycles. The number of rotatable bonds is 3. The van der Waals surface area contributed by atoms with Gasteiger partial charge < -0.3 is 15.3 Å². The molecule has 1 heterocycles. The Labute approximate surface area is 109 Å². The van der Waals surface area contributed by atoms with Gasteiger partial charge in [0.1, 0.15) is 0 Å². The first-order valence-electron chi connectivity index (χ1n) is 6.51. The van der Waals surface area contributed by atoms with E-state index < -0.39 is 5.97 Å². The Morgan fingerprint density at radius 1 is 1.50 bits per heavy atom. The molecule has 1 fully saturated rings. The van der Waals surface area contributed by atoms with Crippen LogP contribution < -0.4 is 5.32 Å². The number of carboxylic acids is 1. The van der Waals surface area contributed by atoms with Crippen molar-refractivity contribution < 1.29 is 14.7 Å². The number of carboxylic acid groups (broad SMARTS) is 1. The number of hydrogen-bond acceptors (Lipinski definition) is 3. The standard InChI is InChI=1S/C13H24N2O3/c1-9-7-8-15(13(2,3)4)12(18)10(14-9)5-6-11(16)17/h9-10,14H,5-8H2,1-4H3,(H,16,17). The zero-order valence-electron chi connectivity index (χ0n) is 11.7. The average Bonchev–Trinajstić information content (AvgIpc) is 2.34. The van der Waals surface area contributed by atoms with Crippen LogP contribution in [0.3, 0.4) is 0 Å². The van der Waals surface area contributed by atoms with E-state index in [1.807, 2.05) is 32.6 Å². The van der Waals surface area contributed by atoms with Gasteiger partial charge in [-0.2, -0.15) is 0 Å². The molecular weight excluding hydrogens is 232 g/mol. The number of amides is 1. The largest absolute Gasteiger partial charge is 0.481 e. The summed E-state index contributed by atoms with van der Waals surface area (Å²) in [5.41, 5.74) is -0.218. The van der Waals surface area contributed by atoms with Crippen LogP contribution in [0.5, 0.6) is 0 Å². The molecule has 1 aliphatic rings. The molecule has 2 unspecified atom stereocenters. The summed E-state index contributed by atoms with van der Waals surface area (Å²) < 4.78 is 0. The minimum atomic E-state index is -0.858. The van der Waals surface area contributed by atoms with Gasteiger partial charge in [-0.25, -0.2) is 0 Å². The van der Waals surface area contributed by atoms with Gasteiger partial charge in [-0.05, 0) is 40.5 Å². The molecule has 0 saturated carbocycles. The lowest BCUT2D eigenvalue weighted by Crippen LogP contribution is -2.51. The summed E-state index contributed by atoms with van der Waals surface area (Å²) in [7, 11) is 0. The van der Waals surface area contributed by atoms with Crippen molar-refractivity contribution in [3.63, 3.8) is 0 Å². The molecule has 1 rings (SSSR count). The van der Waals surface area contributed by atoms with Crippen LogP contribution in [0.25, 0.3) is 0 Å². The first-order chi connectivity index (χ1) is 8.21. The lowest BCUT2D eigenvalue weighted by Gasteiger charge is -2.36. The first kappa shape index (κ1) is 15.0. The zero-order chi connectivity index (χ0) is 13.9. The van der Waals surface area contributed by atoms with Crippen LogP contribution in [0.2, 0.25) is 0 Å². The molecular formula is C13H24N2O3. The maximum absolute atomic E-state index is 12.4. The van der Waals surface area contributed by atoms with Crippen molar-refractivity contribution in [2.45, 2.75) is 64.6 Å². The van der Waals surface area contributed by atoms with E-state index in [4.69, 9.17) is 5.11 Å². The molecule has 1 amide bonds. The molecule has 0 aromatic heterocycles. The number of carbonyl (C=O) groups excluding carboxylic acids is 1. The van der Waals surface area contributed by atoms with Crippen molar-refractivity contribution in [2.75, 3.05) is 6.54 Å². The van der Waals surface area contributed by atoms with E-state index in [9.17, 15) is 9.59 Å². The quantitative estimate of drug-likeness (QED) is 0.797. The lowest BCUT2D eigenvalue weighted by molar-refractivity contribution is -0.139. The summed E-state index contributed by atoms with van der Waals surface area (Å²) in [6.45, 7) is 8.78. The second kappa shape index (κ2) is 5.69. The minimum absolute atomic E-state index is 0.0214. The van der Waals surface area contributed by atoms with Crippen molar-refractivity contribution in [1.29, 1.82) is 0 Å². The molecule has 104 valence electrons. The monoisotopic (exact) mass is 256 g/mol. The fourth-order valence-electron chi connectivity index (χ4n) is 2.26. The van der Waals surface area contributed by atoms with Crippen molar-refractivity contribution in [3.8, 4) is 0 Å². The first-order valence-corrected chi connectivity index (χ1v) is 6.51. The number of nitrogens with one attached hydrogen (secondary N) is 1. The predicted octanol–water partition coefficient (Wildman–Crippen LogP) is 1.23. The number of aliphatic carboxylic acids is 1. The molecule has 2 atom stereocenters. The Kier molecular flexibility index (Phi) is 4.73. The lowest BCUT2D eigenvalue weighted by atomic mass is 10.0. The van der Waals surface area contributed by atoms with Crippen LogP contribution in [0.1, 0.15) is 47.0 Å². The van der Waals surface area contributed by atoms with Gasteiger partial charge in [0, 0.05) is 24.5 Å². The summed E-state index contributed by atoms with van der Waals surface area (Å²) >= 11 is 0. The Morgan fingerprint density at radius 3 is 2.61 bits per heavy atom. The third kappa shape index (κ3) is 3.98. The molecule has 0 bridgehead atoms. The summed E-state index contributed by atoms with van der Waals surface area (Å²) in [5, 5.41) is 12.0. The highest BCUT2D eigenvalue weighted by Gasteiger charge is 2.34. The third-order valence-corrected chi connectivity index (χ3v) is 3.29. The van der Waals surface area contributed by atoms with Gasteiger partial charge in [0.2, 0.25) is 5.91 Å². The Balaban J connectivity index is 2.80. The molecule has 5 heteroatoms. The van der Waals surface area contributed by atoms with Crippen LogP contribution in [0, 0.1) is 0 Å². The van der Waals surface area contributed by atoms with E-state index in [1.54, 1.807) is 0 Å². The second-order valence-corrected chi connectivity index (χ2v) is 6.00. The molecule has 0 aromatic carbocycles. The number of nitrogens with zero attached hydrogens (tertiary/aromatic N) is 1. The fourth-order valence-corrected chi connectivity index (χ4v) is 2.26. The molecule has 2 N–H and O–H groups in total. The molecule has 1 saturated heterocycles. The molecule has 0 aromatic rings. The van der Waals surface area contributed by atoms with Gasteiger partial charge in [0.25, 0.3) is 0 Å². The maximum Gasteiger partial charge on any atom is 0.303 e. The van der Waals surface area contributed by atoms with Gasteiger partial charge in [0.15, 0.2) is 0 Å². The Morgan fingerprint density at radius 2 is 2.11 bits per heavy atom. The van der Waals surface area contributed by atoms with Crippen molar-refractivity contribution >= 4 is 11.9 Å². The second-order valence-electron chi connectivity index (χ2n) is 6.00. The normalized spacial score (nSPS) is 26.0. The molecule has 0 spiro atoms. The smallest absolute Gasteiger partial charge is 0.303 e. The third-order valence-electron chi connectivity index (χ3n) is 3.29.